The van der Waals surface area contributed by atoms with Crippen LogP contribution in [0.25, 0.3) is 0 Å². The van der Waals surface area contributed by atoms with Crippen molar-refractivity contribution in [1.82, 2.24) is 0 Å². The number of hydrogen-bond donors (Lipinski definition) is 0. The molecule has 7 heteroatoms. The Morgan fingerprint density at radius 2 is 1.84 bits per heavy atom. The number of ether oxygens (including phenoxy) is 2. The van der Waals surface area contributed by atoms with Gasteiger partial charge in [-0.25, -0.2) is 0 Å². The Morgan fingerprint density at radius 1 is 1.21 bits per heavy atom. The largest absolute Gasteiger partial charge is 0.498 e. The first-order chi connectivity index (χ1) is 8.61. The van der Waals surface area contributed by atoms with Gasteiger partial charge in [-0.2, -0.15) is 14.0 Å². The summed E-state index contributed by atoms with van der Waals surface area (Å²) in [5.41, 5.74) is -0.297. The third-order valence-electron chi connectivity index (χ3n) is 2.70. The van der Waals surface area contributed by atoms with Crippen LogP contribution in [-0.2, 0) is 13.8 Å². The van der Waals surface area contributed by atoms with Gasteiger partial charge in [0.2, 0.25) is 0 Å². The zero-order chi connectivity index (χ0) is 14.7. The molecule has 0 heterocycles. The van der Waals surface area contributed by atoms with Crippen molar-refractivity contribution in [3.05, 3.63) is 11.8 Å². The van der Waals surface area contributed by atoms with Gasteiger partial charge in [0.1, 0.15) is 4.29 Å². The molecule has 0 aromatic heterocycles. The lowest BCUT2D eigenvalue weighted by molar-refractivity contribution is -1.92. The lowest BCUT2D eigenvalue weighted by atomic mass is 9.77. The van der Waals surface area contributed by atoms with E-state index in [1.54, 1.807) is 6.92 Å². The molecule has 0 aromatic carbocycles. The zero-order valence-electron chi connectivity index (χ0n) is 11.7. The van der Waals surface area contributed by atoms with Gasteiger partial charge in [-0.05, 0) is 19.3 Å². The Kier molecular flexibility index (Phi) is 5.22. The van der Waals surface area contributed by atoms with Gasteiger partial charge < -0.3 is 9.47 Å². The molecular weight excluding hydrogens is 276 g/mol. The lowest BCUT2D eigenvalue weighted by Crippen LogP contribution is -2.65. The summed E-state index contributed by atoms with van der Waals surface area (Å²) in [5.74, 6) is -1.01. The summed E-state index contributed by atoms with van der Waals surface area (Å²) < 4.78 is 48.2. The zero-order valence-corrected chi connectivity index (χ0v) is 12.5. The number of halogens is 1. The highest BCUT2D eigenvalue weighted by Crippen LogP contribution is 2.43. The summed E-state index contributed by atoms with van der Waals surface area (Å²) in [6.07, 6.45) is 2.35. The summed E-state index contributed by atoms with van der Waals surface area (Å²) in [6, 6.07) is 0. The molecule has 1 aliphatic carbocycles. The van der Waals surface area contributed by atoms with Crippen molar-refractivity contribution < 1.29 is 38.0 Å². The Balaban J connectivity index is 3.08. The number of allylic oxidation sites excluding steroid dienone is 1. The molecule has 0 saturated carbocycles. The van der Waals surface area contributed by atoms with Crippen molar-refractivity contribution in [1.29, 1.82) is 0 Å². The Hall–Kier alpha value is -0.370. The summed E-state index contributed by atoms with van der Waals surface area (Å²) in [5, 5.41) is 0. The molecule has 0 spiro atoms. The highest BCUT2D eigenvalue weighted by atomic mass is 35.7. The predicted molar refractivity (Wildman–Crippen MR) is 58.2 cm³/mol. The number of rotatable bonds is 6. The molecular formula is C12H21ClO6. The van der Waals surface area contributed by atoms with Crippen LogP contribution in [0.5, 0.6) is 0 Å². The van der Waals surface area contributed by atoms with E-state index in [1.807, 2.05) is 20.8 Å². The maximum atomic E-state index is 10.9. The molecule has 1 rings (SSSR count). The van der Waals surface area contributed by atoms with Gasteiger partial charge in [0.25, 0.3) is 0 Å². The van der Waals surface area contributed by atoms with Crippen molar-refractivity contribution in [3.63, 3.8) is 0 Å². The van der Waals surface area contributed by atoms with Gasteiger partial charge in [-0.15, -0.1) is 0 Å². The van der Waals surface area contributed by atoms with Gasteiger partial charge in [0.15, 0.2) is 0 Å². The van der Waals surface area contributed by atoms with Crippen molar-refractivity contribution in [2.75, 3.05) is 13.2 Å². The van der Waals surface area contributed by atoms with Crippen LogP contribution in [0, 0.1) is 15.7 Å². The van der Waals surface area contributed by atoms with Crippen molar-refractivity contribution in [2.45, 2.75) is 46.3 Å². The fourth-order valence-corrected chi connectivity index (χ4v) is 2.86. The van der Waals surface area contributed by atoms with E-state index in [-0.39, 0.29) is 18.4 Å². The quantitative estimate of drug-likeness (QED) is 0.606. The van der Waals surface area contributed by atoms with E-state index in [1.165, 1.54) is 6.08 Å². The summed E-state index contributed by atoms with van der Waals surface area (Å²) in [4.78, 5) is 0. The SMILES string of the molecule is CCOC1=CC(OCC)(O[Cl+3]([O-])([O-])[O-])CC(C)(C)C1. The van der Waals surface area contributed by atoms with Crippen LogP contribution >= 0.6 is 0 Å². The van der Waals surface area contributed by atoms with Crippen LogP contribution in [0.1, 0.15) is 40.5 Å². The van der Waals surface area contributed by atoms with Crippen LogP contribution in [0.3, 0.4) is 0 Å². The van der Waals surface area contributed by atoms with E-state index >= 15 is 0 Å². The molecule has 0 fully saturated rings. The standard InChI is InChI=1S/C12H21ClO6/c1-5-17-10-7-11(3,4)9-12(8-10,18-6-2)19-13(14,15)16/h8H,5-7,9H2,1-4H3. The van der Waals surface area contributed by atoms with E-state index in [4.69, 9.17) is 9.47 Å². The average Bonchev–Trinajstić information content (AvgIpc) is 2.11. The van der Waals surface area contributed by atoms with Crippen LogP contribution < -0.4 is 14.0 Å². The molecule has 1 unspecified atom stereocenters. The van der Waals surface area contributed by atoms with Crippen LogP contribution in [0.2, 0.25) is 0 Å². The van der Waals surface area contributed by atoms with Crippen molar-refractivity contribution in [3.8, 4) is 0 Å². The highest BCUT2D eigenvalue weighted by Gasteiger charge is 2.52. The molecule has 6 nitrogen and oxygen atoms in total. The molecule has 0 aromatic rings. The van der Waals surface area contributed by atoms with Crippen LogP contribution in [0.4, 0.5) is 0 Å². The molecule has 0 amide bonds. The second kappa shape index (κ2) is 5.95. The van der Waals surface area contributed by atoms with E-state index in [9.17, 15) is 14.0 Å². The van der Waals surface area contributed by atoms with Gasteiger partial charge >= 0.3 is 5.79 Å². The molecule has 0 aliphatic heterocycles. The minimum absolute atomic E-state index is 0.219. The Bertz CT molecular complexity index is 336. The monoisotopic (exact) mass is 296 g/mol. The minimum atomic E-state index is -4.58. The van der Waals surface area contributed by atoms with Crippen molar-refractivity contribution in [2.24, 2.45) is 5.41 Å². The predicted octanol–water partition coefficient (Wildman–Crippen LogP) is -0.626. The molecule has 19 heavy (non-hydrogen) atoms. The van der Waals surface area contributed by atoms with Gasteiger partial charge in [0, 0.05) is 25.5 Å². The average molecular weight is 297 g/mol. The highest BCUT2D eigenvalue weighted by molar-refractivity contribution is 5.11. The summed E-state index contributed by atoms with van der Waals surface area (Å²) >= 11 is 0. The van der Waals surface area contributed by atoms with Crippen LogP contribution in [0.15, 0.2) is 11.8 Å². The lowest BCUT2D eigenvalue weighted by Gasteiger charge is -2.38. The normalized spacial score (nSPS) is 27.0. The van der Waals surface area contributed by atoms with Gasteiger partial charge in [0.05, 0.1) is 22.6 Å². The number of hydrogen-bond acceptors (Lipinski definition) is 6. The first kappa shape index (κ1) is 16.7. The topological polar surface area (TPSA) is 96.9 Å². The van der Waals surface area contributed by atoms with E-state index < -0.39 is 16.0 Å². The molecule has 0 radical (unpaired) electrons. The van der Waals surface area contributed by atoms with E-state index in [2.05, 4.69) is 4.29 Å². The van der Waals surface area contributed by atoms with Gasteiger partial charge in [-0.1, -0.05) is 13.8 Å². The second-order valence-corrected chi connectivity index (χ2v) is 6.17. The second-order valence-electron chi connectivity index (χ2n) is 5.26. The van der Waals surface area contributed by atoms with Gasteiger partial charge in [-0.3, -0.25) is 0 Å². The molecule has 1 aliphatic rings. The van der Waals surface area contributed by atoms with Crippen molar-refractivity contribution >= 4 is 0 Å². The molecule has 0 bridgehead atoms. The maximum absolute atomic E-state index is 10.9. The Morgan fingerprint density at radius 3 is 2.32 bits per heavy atom. The van der Waals surface area contributed by atoms with E-state index in [0.29, 0.717) is 18.8 Å². The third kappa shape index (κ3) is 5.25. The Labute approximate surface area is 115 Å². The fraction of sp³-hybridized carbons (Fsp3) is 0.833. The summed E-state index contributed by atoms with van der Waals surface area (Å²) in [7, 11) is -4.58. The fourth-order valence-electron chi connectivity index (χ4n) is 2.40. The molecule has 0 saturated heterocycles. The smallest absolute Gasteiger partial charge is 0.347 e. The van der Waals surface area contributed by atoms with E-state index in [0.717, 1.165) is 0 Å². The molecule has 0 N–H and O–H groups in total. The first-order valence-electron chi connectivity index (χ1n) is 6.21. The maximum Gasteiger partial charge on any atom is 0.347 e. The third-order valence-corrected chi connectivity index (χ3v) is 3.15. The summed E-state index contributed by atoms with van der Waals surface area (Å²) in [6.45, 7) is 8.07. The van der Waals surface area contributed by atoms with Crippen LogP contribution in [-0.4, -0.2) is 19.0 Å². The minimum Gasteiger partial charge on any atom is -0.498 e. The molecule has 112 valence electrons. The first-order valence-corrected chi connectivity index (χ1v) is 7.45. The molecule has 1 atom stereocenters.